The van der Waals surface area contributed by atoms with Crippen LogP contribution in [-0.4, -0.2) is 55.0 Å². The molecule has 0 bridgehead atoms. The van der Waals surface area contributed by atoms with Gasteiger partial charge in [0, 0.05) is 13.1 Å². The second-order valence-electron chi connectivity index (χ2n) is 6.85. The molecule has 27 heavy (non-hydrogen) atoms. The van der Waals surface area contributed by atoms with Crippen molar-refractivity contribution in [1.29, 1.82) is 0 Å². The Morgan fingerprint density at radius 2 is 1.93 bits per heavy atom. The molecule has 150 valence electrons. The number of benzene rings is 1. The summed E-state index contributed by atoms with van der Waals surface area (Å²) in [6.45, 7) is 2.98. The van der Waals surface area contributed by atoms with Crippen LogP contribution in [0.4, 0.5) is 4.79 Å². The summed E-state index contributed by atoms with van der Waals surface area (Å²) in [6, 6.07) is 9.50. The van der Waals surface area contributed by atoms with Crippen LogP contribution < -0.4 is 16.0 Å². The van der Waals surface area contributed by atoms with Crippen molar-refractivity contribution in [2.45, 2.75) is 57.3 Å². The molecule has 0 aromatic heterocycles. The van der Waals surface area contributed by atoms with Crippen LogP contribution in [0.25, 0.3) is 0 Å². The highest BCUT2D eigenvalue weighted by atomic mass is 16.5. The van der Waals surface area contributed by atoms with Crippen LogP contribution in [0.1, 0.15) is 38.2 Å². The van der Waals surface area contributed by atoms with E-state index in [2.05, 4.69) is 16.0 Å². The van der Waals surface area contributed by atoms with Gasteiger partial charge in [0.25, 0.3) is 0 Å². The first-order valence-electron chi connectivity index (χ1n) is 9.73. The average molecular weight is 377 g/mol. The van der Waals surface area contributed by atoms with Gasteiger partial charge in [0.15, 0.2) is 0 Å². The number of nitrogens with one attached hydrogen (secondary N) is 3. The maximum atomic E-state index is 12.1. The molecule has 3 amide bonds. The van der Waals surface area contributed by atoms with Crippen molar-refractivity contribution in [3.63, 3.8) is 0 Å². The third-order valence-corrected chi connectivity index (χ3v) is 4.64. The number of ether oxygens (including phenoxy) is 1. The molecule has 1 fully saturated rings. The maximum Gasteiger partial charge on any atom is 0.315 e. The summed E-state index contributed by atoms with van der Waals surface area (Å²) in [5.41, 5.74) is 1.18. The summed E-state index contributed by atoms with van der Waals surface area (Å²) in [5, 5.41) is 18.1. The van der Waals surface area contributed by atoms with Gasteiger partial charge in [-0.1, -0.05) is 37.3 Å². The lowest BCUT2D eigenvalue weighted by molar-refractivity contribution is -0.130. The summed E-state index contributed by atoms with van der Waals surface area (Å²) in [6.07, 6.45) is 2.52. The third kappa shape index (κ3) is 7.56. The highest BCUT2D eigenvalue weighted by molar-refractivity contribution is 5.76. The van der Waals surface area contributed by atoms with Gasteiger partial charge in [0.2, 0.25) is 5.91 Å². The molecule has 3 atom stereocenters. The van der Waals surface area contributed by atoms with Gasteiger partial charge in [0.05, 0.1) is 25.2 Å². The highest BCUT2D eigenvalue weighted by Crippen LogP contribution is 2.21. The number of amides is 3. The predicted octanol–water partition coefficient (Wildman–Crippen LogP) is 1.35. The van der Waals surface area contributed by atoms with E-state index in [1.54, 1.807) is 0 Å². The van der Waals surface area contributed by atoms with E-state index in [0.29, 0.717) is 25.9 Å². The number of carbonyl (C=O) groups is 2. The summed E-state index contributed by atoms with van der Waals surface area (Å²) < 4.78 is 5.84. The number of urea groups is 1. The summed E-state index contributed by atoms with van der Waals surface area (Å²) in [7, 11) is 0. The molecule has 1 aromatic carbocycles. The molecule has 0 spiro atoms. The first-order valence-corrected chi connectivity index (χ1v) is 9.73. The lowest BCUT2D eigenvalue weighted by Crippen LogP contribution is -2.53. The van der Waals surface area contributed by atoms with E-state index in [9.17, 15) is 14.7 Å². The van der Waals surface area contributed by atoms with E-state index < -0.39 is 6.10 Å². The van der Waals surface area contributed by atoms with Crippen LogP contribution >= 0.6 is 0 Å². The molecule has 7 heteroatoms. The van der Waals surface area contributed by atoms with E-state index >= 15 is 0 Å². The second kappa shape index (κ2) is 11.6. The van der Waals surface area contributed by atoms with Crippen LogP contribution in [0.15, 0.2) is 30.3 Å². The molecule has 1 aliphatic rings. The lowest BCUT2D eigenvalue weighted by atomic mass is 9.97. The van der Waals surface area contributed by atoms with Gasteiger partial charge >= 0.3 is 6.03 Å². The zero-order valence-corrected chi connectivity index (χ0v) is 15.9. The van der Waals surface area contributed by atoms with E-state index in [1.807, 2.05) is 37.3 Å². The molecule has 0 radical (unpaired) electrons. The van der Waals surface area contributed by atoms with Crippen molar-refractivity contribution in [3.8, 4) is 0 Å². The van der Waals surface area contributed by atoms with Gasteiger partial charge in [0.1, 0.15) is 6.10 Å². The van der Waals surface area contributed by atoms with Gasteiger partial charge < -0.3 is 25.8 Å². The molecule has 1 aliphatic heterocycles. The molecule has 4 N–H and O–H groups in total. The van der Waals surface area contributed by atoms with Gasteiger partial charge in [-0.25, -0.2) is 4.79 Å². The smallest absolute Gasteiger partial charge is 0.315 e. The molecule has 7 nitrogen and oxygen atoms in total. The quantitative estimate of drug-likeness (QED) is 0.522. The number of rotatable bonds is 9. The van der Waals surface area contributed by atoms with Crippen molar-refractivity contribution in [2.75, 3.05) is 19.7 Å². The topological polar surface area (TPSA) is 99.7 Å². The number of aliphatic hydroxyl groups is 1. The van der Waals surface area contributed by atoms with Gasteiger partial charge in [-0.15, -0.1) is 0 Å². The number of hydrogen-bond donors (Lipinski definition) is 4. The van der Waals surface area contributed by atoms with Gasteiger partial charge in [-0.3, -0.25) is 4.79 Å². The Kier molecular flexibility index (Phi) is 9.07. The Hall–Kier alpha value is -2.12. The third-order valence-electron chi connectivity index (χ3n) is 4.64. The fourth-order valence-corrected chi connectivity index (χ4v) is 3.17. The van der Waals surface area contributed by atoms with E-state index in [4.69, 9.17) is 4.74 Å². The molecule has 0 unspecified atom stereocenters. The first kappa shape index (κ1) is 21.2. The fourth-order valence-electron chi connectivity index (χ4n) is 3.17. The van der Waals surface area contributed by atoms with Crippen molar-refractivity contribution >= 4 is 11.9 Å². The van der Waals surface area contributed by atoms with Crippen molar-refractivity contribution in [1.82, 2.24) is 16.0 Å². The number of aliphatic hydroxyl groups excluding tert-OH is 1. The zero-order valence-electron chi connectivity index (χ0n) is 15.9. The van der Waals surface area contributed by atoms with Gasteiger partial charge in [-0.2, -0.15) is 0 Å². The first-order chi connectivity index (χ1) is 13.1. The number of hydrogen-bond acceptors (Lipinski definition) is 4. The fraction of sp³-hybridized carbons (Fsp3) is 0.600. The van der Waals surface area contributed by atoms with Gasteiger partial charge in [-0.05, 0) is 31.2 Å². The Morgan fingerprint density at radius 1 is 1.15 bits per heavy atom. The van der Waals surface area contributed by atoms with Crippen LogP contribution in [0.3, 0.4) is 0 Å². The Morgan fingerprint density at radius 3 is 2.63 bits per heavy atom. The van der Waals surface area contributed by atoms with Crippen molar-refractivity contribution in [3.05, 3.63) is 35.9 Å². The largest absolute Gasteiger partial charge is 0.394 e. The minimum Gasteiger partial charge on any atom is -0.394 e. The standard InChI is InChI=1S/C20H31N3O4/c1-2-11-22-20(26)23-17-9-8-16(27-18(17)14-24)13-19(25)21-12-10-15-6-4-3-5-7-15/h3-7,16-18,24H,2,8-14H2,1H3,(H,21,25)(H2,22,23,26)/t16-,17-,18+/m0/s1. The minimum atomic E-state index is -0.492. The van der Waals surface area contributed by atoms with Crippen molar-refractivity contribution in [2.24, 2.45) is 0 Å². The number of carbonyl (C=O) groups excluding carboxylic acids is 2. The summed E-state index contributed by atoms with van der Waals surface area (Å²) >= 11 is 0. The monoisotopic (exact) mass is 377 g/mol. The van der Waals surface area contributed by atoms with Crippen LogP contribution in [-0.2, 0) is 16.0 Å². The molecular formula is C20H31N3O4. The Bertz CT molecular complexity index is 582. The maximum absolute atomic E-state index is 12.1. The van der Waals surface area contributed by atoms with Crippen LogP contribution in [0.2, 0.25) is 0 Å². The molecule has 0 saturated carbocycles. The highest BCUT2D eigenvalue weighted by Gasteiger charge is 2.32. The molecule has 1 aromatic rings. The lowest BCUT2D eigenvalue weighted by Gasteiger charge is -2.35. The Labute approximate surface area is 160 Å². The molecular weight excluding hydrogens is 346 g/mol. The van der Waals surface area contributed by atoms with E-state index in [-0.39, 0.29) is 37.1 Å². The normalized spacial score (nSPS) is 22.1. The molecule has 0 aliphatic carbocycles. The summed E-state index contributed by atoms with van der Waals surface area (Å²) in [4.78, 5) is 23.9. The zero-order chi connectivity index (χ0) is 19.5. The van der Waals surface area contributed by atoms with E-state index in [0.717, 1.165) is 12.8 Å². The summed E-state index contributed by atoms with van der Waals surface area (Å²) in [5.74, 6) is -0.0558. The van der Waals surface area contributed by atoms with Crippen molar-refractivity contribution < 1.29 is 19.4 Å². The molecule has 2 rings (SSSR count). The Balaban J connectivity index is 1.70. The SMILES string of the molecule is CCCNC(=O)N[C@H]1CC[C@@H](CC(=O)NCCc2ccccc2)O[C@@H]1CO. The second-order valence-corrected chi connectivity index (χ2v) is 6.85. The molecule has 1 heterocycles. The average Bonchev–Trinajstić information content (AvgIpc) is 2.68. The van der Waals surface area contributed by atoms with Crippen LogP contribution in [0, 0.1) is 0 Å². The van der Waals surface area contributed by atoms with E-state index in [1.165, 1.54) is 5.56 Å². The molecule has 1 saturated heterocycles. The van der Waals surface area contributed by atoms with Crippen LogP contribution in [0.5, 0.6) is 0 Å². The minimum absolute atomic E-state index is 0.0558. The predicted molar refractivity (Wildman–Crippen MR) is 103 cm³/mol.